The van der Waals surface area contributed by atoms with Crippen molar-refractivity contribution in [1.82, 2.24) is 24.5 Å². The highest BCUT2D eigenvalue weighted by Crippen LogP contribution is 2.39. The average molecular weight is 419 g/mol. The lowest BCUT2D eigenvalue weighted by molar-refractivity contribution is 0.253. The van der Waals surface area contributed by atoms with Crippen molar-refractivity contribution in [1.29, 1.82) is 0 Å². The summed E-state index contributed by atoms with van der Waals surface area (Å²) in [6.45, 7) is 0. The number of nitrogens with zero attached hydrogens (tertiary/aromatic N) is 5. The van der Waals surface area contributed by atoms with Crippen LogP contribution in [0.1, 0.15) is 24.8 Å². The number of rotatable bonds is 4. The van der Waals surface area contributed by atoms with E-state index in [4.69, 9.17) is 15.7 Å². The van der Waals surface area contributed by atoms with Crippen molar-refractivity contribution in [2.45, 2.75) is 24.8 Å². The van der Waals surface area contributed by atoms with Gasteiger partial charge in [0.25, 0.3) is 0 Å². The first-order valence-electron chi connectivity index (χ1n) is 10.8. The predicted octanol–water partition coefficient (Wildman–Crippen LogP) is 4.88. The number of fused-ring (bicyclic) bond motifs is 1. The van der Waals surface area contributed by atoms with Crippen LogP contribution in [-0.4, -0.2) is 24.5 Å². The Kier molecular flexibility index (Phi) is 4.33. The lowest BCUT2D eigenvalue weighted by Gasteiger charge is -2.38. The van der Waals surface area contributed by atoms with Crippen LogP contribution in [0.15, 0.2) is 85.3 Å². The van der Waals surface area contributed by atoms with Gasteiger partial charge in [-0.3, -0.25) is 9.55 Å². The van der Waals surface area contributed by atoms with Gasteiger partial charge in [0.15, 0.2) is 11.5 Å². The fraction of sp³-hybridized carbons (Fsp3) is 0.154. The zero-order valence-electron chi connectivity index (χ0n) is 17.5. The zero-order chi connectivity index (χ0) is 21.5. The first kappa shape index (κ1) is 18.8. The summed E-state index contributed by atoms with van der Waals surface area (Å²) >= 11 is 0. The van der Waals surface area contributed by atoms with Crippen LogP contribution in [0.2, 0.25) is 0 Å². The minimum Gasteiger partial charge on any atom is -0.321 e. The summed E-state index contributed by atoms with van der Waals surface area (Å²) < 4.78 is 2.08. The molecule has 2 aromatic carbocycles. The summed E-state index contributed by atoms with van der Waals surface area (Å²) in [7, 11) is 0. The minimum atomic E-state index is -0.190. The van der Waals surface area contributed by atoms with Gasteiger partial charge in [-0.2, -0.15) is 0 Å². The van der Waals surface area contributed by atoms with E-state index in [0.29, 0.717) is 5.82 Å². The molecule has 6 heteroatoms. The van der Waals surface area contributed by atoms with E-state index < -0.39 is 0 Å². The van der Waals surface area contributed by atoms with Crippen LogP contribution in [0, 0.1) is 0 Å². The molecule has 0 radical (unpaired) electrons. The zero-order valence-corrected chi connectivity index (χ0v) is 17.5. The van der Waals surface area contributed by atoms with Gasteiger partial charge in [-0.05, 0) is 49.1 Å². The number of benzene rings is 2. The van der Waals surface area contributed by atoms with E-state index in [-0.39, 0.29) is 5.54 Å². The fourth-order valence-electron chi connectivity index (χ4n) is 4.32. The highest BCUT2D eigenvalue weighted by molar-refractivity contribution is 5.80. The van der Waals surface area contributed by atoms with Gasteiger partial charge in [-0.1, -0.05) is 42.5 Å². The molecule has 0 atom stereocenters. The summed E-state index contributed by atoms with van der Waals surface area (Å²) in [5, 5.41) is 0. The van der Waals surface area contributed by atoms with E-state index in [1.165, 1.54) is 12.0 Å². The van der Waals surface area contributed by atoms with E-state index in [1.54, 1.807) is 12.4 Å². The molecule has 0 saturated heterocycles. The number of imidazole rings is 1. The van der Waals surface area contributed by atoms with Crippen molar-refractivity contribution in [2.24, 2.45) is 5.73 Å². The Hall–Kier alpha value is -3.90. The molecule has 3 aromatic heterocycles. The van der Waals surface area contributed by atoms with Crippen LogP contribution < -0.4 is 5.73 Å². The molecule has 1 fully saturated rings. The maximum atomic E-state index is 6.54. The van der Waals surface area contributed by atoms with Gasteiger partial charge in [0, 0.05) is 34.7 Å². The molecule has 1 aliphatic carbocycles. The topological polar surface area (TPSA) is 82.5 Å². The van der Waals surface area contributed by atoms with Crippen molar-refractivity contribution >= 4 is 11.2 Å². The lowest BCUT2D eigenvalue weighted by atomic mass is 9.73. The Morgan fingerprint density at radius 1 is 0.812 bits per heavy atom. The largest absolute Gasteiger partial charge is 0.321 e. The molecule has 2 N–H and O–H groups in total. The highest BCUT2D eigenvalue weighted by Gasteiger charge is 2.34. The second-order valence-electron chi connectivity index (χ2n) is 8.34. The first-order valence-corrected chi connectivity index (χ1v) is 10.8. The van der Waals surface area contributed by atoms with Crippen LogP contribution in [-0.2, 0) is 5.54 Å². The van der Waals surface area contributed by atoms with Gasteiger partial charge >= 0.3 is 0 Å². The maximum Gasteiger partial charge on any atom is 0.169 e. The molecule has 156 valence electrons. The third-order valence-corrected chi connectivity index (χ3v) is 6.30. The van der Waals surface area contributed by atoms with Crippen LogP contribution in [0.3, 0.4) is 0 Å². The molecule has 5 aromatic rings. The normalized spacial score (nSPS) is 14.9. The average Bonchev–Trinajstić information content (AvgIpc) is 3.22. The number of pyridine rings is 1. The summed E-state index contributed by atoms with van der Waals surface area (Å²) in [6, 6.07) is 22.4. The Bertz CT molecular complexity index is 1390. The van der Waals surface area contributed by atoms with Gasteiger partial charge in [0.1, 0.15) is 11.3 Å². The number of nitrogens with two attached hydrogens (primary N) is 1. The monoisotopic (exact) mass is 418 g/mol. The van der Waals surface area contributed by atoms with E-state index in [2.05, 4.69) is 38.8 Å². The van der Waals surface area contributed by atoms with Gasteiger partial charge in [-0.15, -0.1) is 0 Å². The van der Waals surface area contributed by atoms with Crippen molar-refractivity contribution in [3.8, 4) is 28.5 Å². The predicted molar refractivity (Wildman–Crippen MR) is 125 cm³/mol. The van der Waals surface area contributed by atoms with Crippen LogP contribution in [0.5, 0.6) is 0 Å². The second-order valence-corrected chi connectivity index (χ2v) is 8.34. The molecular formula is C26H22N6. The Labute approximate surface area is 185 Å². The summed E-state index contributed by atoms with van der Waals surface area (Å²) in [4.78, 5) is 18.6. The SMILES string of the molecule is NC1(c2ccc(-n3c(-c4cccnc4)nc4cnc(-c5ccccc5)nc43)cc2)CCC1. The highest BCUT2D eigenvalue weighted by atomic mass is 15.2. The Morgan fingerprint density at radius 2 is 1.59 bits per heavy atom. The summed E-state index contributed by atoms with van der Waals surface area (Å²) in [6.07, 6.45) is 8.63. The number of aromatic nitrogens is 5. The molecular weight excluding hydrogens is 396 g/mol. The number of hydrogen-bond acceptors (Lipinski definition) is 5. The quantitative estimate of drug-likeness (QED) is 0.450. The fourth-order valence-corrected chi connectivity index (χ4v) is 4.32. The van der Waals surface area contributed by atoms with Crippen molar-refractivity contribution in [3.63, 3.8) is 0 Å². The van der Waals surface area contributed by atoms with Crippen molar-refractivity contribution < 1.29 is 0 Å². The molecule has 0 spiro atoms. The molecule has 1 aliphatic rings. The maximum absolute atomic E-state index is 6.54. The van der Waals surface area contributed by atoms with Crippen LogP contribution >= 0.6 is 0 Å². The van der Waals surface area contributed by atoms with E-state index in [9.17, 15) is 0 Å². The van der Waals surface area contributed by atoms with Crippen molar-refractivity contribution in [3.05, 3.63) is 90.9 Å². The molecule has 0 bridgehead atoms. The van der Waals surface area contributed by atoms with Gasteiger partial charge < -0.3 is 5.73 Å². The van der Waals surface area contributed by atoms with E-state index >= 15 is 0 Å². The van der Waals surface area contributed by atoms with E-state index in [1.807, 2.05) is 48.7 Å². The van der Waals surface area contributed by atoms with E-state index in [0.717, 1.165) is 46.6 Å². The number of hydrogen-bond donors (Lipinski definition) is 1. The van der Waals surface area contributed by atoms with Crippen LogP contribution in [0.4, 0.5) is 0 Å². The second kappa shape index (κ2) is 7.35. The van der Waals surface area contributed by atoms with Crippen LogP contribution in [0.25, 0.3) is 39.6 Å². The third kappa shape index (κ3) is 3.08. The third-order valence-electron chi connectivity index (χ3n) is 6.30. The Balaban J connectivity index is 1.55. The molecule has 32 heavy (non-hydrogen) atoms. The lowest BCUT2D eigenvalue weighted by Crippen LogP contribution is -2.43. The standard InChI is InChI=1S/C26H22N6/c27-26(13-5-14-26)20-9-11-21(12-10-20)32-24(19-8-4-15-28-16-19)30-22-17-29-23(31-25(22)32)18-6-2-1-3-7-18/h1-4,6-12,15-17H,5,13-14,27H2. The Morgan fingerprint density at radius 3 is 2.28 bits per heavy atom. The first-order chi connectivity index (χ1) is 15.7. The molecule has 0 amide bonds. The molecule has 6 nitrogen and oxygen atoms in total. The summed E-state index contributed by atoms with van der Waals surface area (Å²) in [5.74, 6) is 1.45. The van der Waals surface area contributed by atoms with Crippen molar-refractivity contribution in [2.75, 3.05) is 0 Å². The molecule has 6 rings (SSSR count). The van der Waals surface area contributed by atoms with Gasteiger partial charge in [-0.25, -0.2) is 15.0 Å². The molecule has 1 saturated carbocycles. The van der Waals surface area contributed by atoms with Gasteiger partial charge in [0.05, 0.1) is 6.20 Å². The molecule has 0 unspecified atom stereocenters. The smallest absolute Gasteiger partial charge is 0.169 e. The molecule has 3 heterocycles. The summed E-state index contributed by atoms with van der Waals surface area (Å²) in [5.41, 5.74) is 11.9. The molecule has 0 aliphatic heterocycles. The minimum absolute atomic E-state index is 0.190. The van der Waals surface area contributed by atoms with Gasteiger partial charge in [0.2, 0.25) is 0 Å².